The van der Waals surface area contributed by atoms with E-state index in [4.69, 9.17) is 5.11 Å². The highest BCUT2D eigenvalue weighted by molar-refractivity contribution is 5.28. The molecule has 0 aliphatic rings. The molecule has 2 N–H and O–H groups in total. The van der Waals surface area contributed by atoms with E-state index in [0.717, 1.165) is 19.3 Å². The summed E-state index contributed by atoms with van der Waals surface area (Å²) in [6.07, 6.45) is 2.43. The Kier molecular flexibility index (Phi) is 6.06. The third-order valence-corrected chi connectivity index (χ3v) is 1.23. The lowest BCUT2D eigenvalue weighted by atomic mass is 10.1. The minimum atomic E-state index is -0.959. The summed E-state index contributed by atoms with van der Waals surface area (Å²) >= 11 is 0. The zero-order valence-electron chi connectivity index (χ0n) is 8.22. The summed E-state index contributed by atoms with van der Waals surface area (Å²) in [6, 6.07) is 0. The van der Waals surface area contributed by atoms with Gasteiger partial charge < -0.3 is 10.2 Å². The average Bonchev–Trinajstić information content (AvgIpc) is 2.01. The van der Waals surface area contributed by atoms with E-state index in [-0.39, 0.29) is 6.61 Å². The lowest BCUT2D eigenvalue weighted by Gasteiger charge is -2.04. The average molecular weight is 180 g/mol. The molecule has 72 valence electrons. The zero-order valence-corrected chi connectivity index (χ0v) is 8.22. The summed E-state index contributed by atoms with van der Waals surface area (Å²) < 4.78 is 0. The van der Waals surface area contributed by atoms with Crippen LogP contribution in [0.1, 0.15) is 33.1 Å². The first-order chi connectivity index (χ1) is 6.06. The van der Waals surface area contributed by atoms with Crippen molar-refractivity contribution in [3.63, 3.8) is 0 Å². The van der Waals surface area contributed by atoms with Gasteiger partial charge in [-0.1, -0.05) is 11.8 Å². The SMILES string of the molecule is CC(C)(O)C#CC#CCCCCO. The Labute approximate surface area is 80.0 Å². The highest BCUT2D eigenvalue weighted by Gasteiger charge is 2.04. The first kappa shape index (κ1) is 12.0. The maximum atomic E-state index is 9.18. The predicted molar refractivity (Wildman–Crippen MR) is 52.8 cm³/mol. The summed E-state index contributed by atoms with van der Waals surface area (Å²) in [4.78, 5) is 0. The molecule has 0 saturated carbocycles. The van der Waals surface area contributed by atoms with E-state index in [9.17, 15) is 5.11 Å². The van der Waals surface area contributed by atoms with Crippen molar-refractivity contribution >= 4 is 0 Å². The molecule has 0 aliphatic carbocycles. The number of aliphatic hydroxyl groups is 2. The quantitative estimate of drug-likeness (QED) is 0.501. The predicted octanol–water partition coefficient (Wildman–Crippen LogP) is 0.927. The van der Waals surface area contributed by atoms with Crippen LogP contribution < -0.4 is 0 Å². The van der Waals surface area contributed by atoms with Crippen LogP contribution in [0.15, 0.2) is 0 Å². The van der Waals surface area contributed by atoms with Crippen molar-refractivity contribution in [2.24, 2.45) is 0 Å². The molecule has 0 aromatic carbocycles. The molecule has 13 heavy (non-hydrogen) atoms. The lowest BCUT2D eigenvalue weighted by molar-refractivity contribution is 0.143. The molecule has 0 saturated heterocycles. The number of hydrogen-bond donors (Lipinski definition) is 2. The van der Waals surface area contributed by atoms with Crippen molar-refractivity contribution in [2.75, 3.05) is 6.61 Å². The molecule has 0 aliphatic heterocycles. The van der Waals surface area contributed by atoms with Gasteiger partial charge in [-0.25, -0.2) is 0 Å². The maximum Gasteiger partial charge on any atom is 0.120 e. The van der Waals surface area contributed by atoms with Crippen LogP contribution in [0.4, 0.5) is 0 Å². The van der Waals surface area contributed by atoms with Crippen molar-refractivity contribution in [2.45, 2.75) is 38.7 Å². The Morgan fingerprint density at radius 2 is 1.85 bits per heavy atom. The zero-order chi connectivity index (χ0) is 10.2. The van der Waals surface area contributed by atoms with Crippen molar-refractivity contribution < 1.29 is 10.2 Å². The number of aliphatic hydroxyl groups excluding tert-OH is 1. The normalized spacial score (nSPS) is 9.54. The van der Waals surface area contributed by atoms with Crippen LogP contribution in [0.5, 0.6) is 0 Å². The van der Waals surface area contributed by atoms with Crippen LogP contribution >= 0.6 is 0 Å². The highest BCUT2D eigenvalue weighted by atomic mass is 16.3. The van der Waals surface area contributed by atoms with Gasteiger partial charge in [0.15, 0.2) is 0 Å². The Hall–Kier alpha value is -0.960. The van der Waals surface area contributed by atoms with E-state index in [1.807, 2.05) is 0 Å². The molecule has 0 heterocycles. The molecule has 2 nitrogen and oxygen atoms in total. The van der Waals surface area contributed by atoms with E-state index in [1.165, 1.54) is 0 Å². The second-order valence-corrected chi connectivity index (χ2v) is 3.29. The molecule has 0 aromatic heterocycles. The van der Waals surface area contributed by atoms with Gasteiger partial charge in [0, 0.05) is 13.0 Å². The van der Waals surface area contributed by atoms with Crippen LogP contribution in [0.3, 0.4) is 0 Å². The van der Waals surface area contributed by atoms with Crippen molar-refractivity contribution in [1.82, 2.24) is 0 Å². The number of hydrogen-bond acceptors (Lipinski definition) is 2. The van der Waals surface area contributed by atoms with E-state index in [1.54, 1.807) is 13.8 Å². The number of unbranched alkanes of at least 4 members (excludes halogenated alkanes) is 2. The molecule has 2 heteroatoms. The van der Waals surface area contributed by atoms with Gasteiger partial charge >= 0.3 is 0 Å². The van der Waals surface area contributed by atoms with Gasteiger partial charge in [-0.3, -0.25) is 0 Å². The third-order valence-electron chi connectivity index (χ3n) is 1.23. The summed E-state index contributed by atoms with van der Waals surface area (Å²) in [6.45, 7) is 3.46. The van der Waals surface area contributed by atoms with Gasteiger partial charge in [-0.15, -0.1) is 0 Å². The Morgan fingerprint density at radius 3 is 2.38 bits per heavy atom. The Morgan fingerprint density at radius 1 is 1.15 bits per heavy atom. The second kappa shape index (κ2) is 6.54. The monoisotopic (exact) mass is 180 g/mol. The van der Waals surface area contributed by atoms with Crippen LogP contribution in [0.25, 0.3) is 0 Å². The minimum absolute atomic E-state index is 0.219. The standard InChI is InChI=1S/C11H16O2/c1-11(2,13)9-7-5-3-4-6-8-10-12/h12-13H,4,6,8,10H2,1-2H3. The van der Waals surface area contributed by atoms with Crippen molar-refractivity contribution in [1.29, 1.82) is 0 Å². The fraction of sp³-hybridized carbons (Fsp3) is 0.636. The lowest BCUT2D eigenvalue weighted by Crippen LogP contribution is -2.14. The van der Waals surface area contributed by atoms with Crippen LogP contribution in [-0.2, 0) is 0 Å². The second-order valence-electron chi connectivity index (χ2n) is 3.29. The van der Waals surface area contributed by atoms with Gasteiger partial charge in [0.05, 0.1) is 0 Å². The molecule has 0 fully saturated rings. The largest absolute Gasteiger partial charge is 0.396 e. The van der Waals surface area contributed by atoms with Crippen LogP contribution in [0, 0.1) is 23.7 Å². The van der Waals surface area contributed by atoms with E-state index in [0.29, 0.717) is 0 Å². The summed E-state index contributed by atoms with van der Waals surface area (Å²) in [5, 5.41) is 17.7. The molecule has 0 radical (unpaired) electrons. The van der Waals surface area contributed by atoms with Gasteiger partial charge in [0.1, 0.15) is 5.60 Å². The molecular formula is C11H16O2. The van der Waals surface area contributed by atoms with Gasteiger partial charge in [0.25, 0.3) is 0 Å². The number of rotatable bonds is 3. The van der Waals surface area contributed by atoms with E-state index >= 15 is 0 Å². The highest BCUT2D eigenvalue weighted by Crippen LogP contribution is 1.95. The Balaban J connectivity index is 3.65. The minimum Gasteiger partial charge on any atom is -0.396 e. The smallest absolute Gasteiger partial charge is 0.120 e. The fourth-order valence-electron chi connectivity index (χ4n) is 0.616. The topological polar surface area (TPSA) is 40.5 Å². The van der Waals surface area contributed by atoms with E-state index in [2.05, 4.69) is 23.7 Å². The first-order valence-electron chi connectivity index (χ1n) is 4.39. The maximum absolute atomic E-state index is 9.18. The van der Waals surface area contributed by atoms with Crippen molar-refractivity contribution in [3.05, 3.63) is 0 Å². The fourth-order valence-corrected chi connectivity index (χ4v) is 0.616. The molecule has 0 rings (SSSR count). The van der Waals surface area contributed by atoms with Gasteiger partial charge in [-0.2, -0.15) is 0 Å². The summed E-state index contributed by atoms with van der Waals surface area (Å²) in [7, 11) is 0. The molecule has 0 atom stereocenters. The molecular weight excluding hydrogens is 164 g/mol. The molecule has 0 aromatic rings. The van der Waals surface area contributed by atoms with Crippen molar-refractivity contribution in [3.8, 4) is 23.7 Å². The van der Waals surface area contributed by atoms with Gasteiger partial charge in [0.2, 0.25) is 0 Å². The summed E-state index contributed by atoms with van der Waals surface area (Å²) in [5.41, 5.74) is -0.959. The van der Waals surface area contributed by atoms with Crippen LogP contribution in [-0.4, -0.2) is 22.4 Å². The Bertz CT molecular complexity index is 239. The first-order valence-corrected chi connectivity index (χ1v) is 4.39. The molecule has 0 spiro atoms. The summed E-state index contributed by atoms with van der Waals surface area (Å²) in [5.74, 6) is 10.7. The van der Waals surface area contributed by atoms with Crippen LogP contribution in [0.2, 0.25) is 0 Å². The molecule has 0 amide bonds. The van der Waals surface area contributed by atoms with E-state index < -0.39 is 5.60 Å². The molecule has 0 bridgehead atoms. The third kappa shape index (κ3) is 11.0. The van der Waals surface area contributed by atoms with Gasteiger partial charge in [-0.05, 0) is 38.5 Å². The molecule has 0 unspecified atom stereocenters.